The zero-order chi connectivity index (χ0) is 18.0. The number of amides is 1. The molecule has 1 spiro atoms. The van der Waals surface area contributed by atoms with Crippen LogP contribution in [0.25, 0.3) is 0 Å². The number of carbonyl (C=O) groups is 1. The molecule has 2 saturated heterocycles. The number of pyridine rings is 1. The number of aromatic nitrogens is 1. The number of piperidine rings is 1. The van der Waals surface area contributed by atoms with Crippen molar-refractivity contribution in [2.24, 2.45) is 0 Å². The van der Waals surface area contributed by atoms with E-state index in [1.165, 1.54) is 0 Å². The van der Waals surface area contributed by atoms with Crippen molar-refractivity contribution in [3.05, 3.63) is 59.9 Å². The fourth-order valence-corrected chi connectivity index (χ4v) is 3.95. The van der Waals surface area contributed by atoms with Crippen molar-refractivity contribution >= 4 is 5.91 Å². The maximum absolute atomic E-state index is 12.8. The summed E-state index contributed by atoms with van der Waals surface area (Å²) in [4.78, 5) is 19.1. The molecule has 0 saturated carbocycles. The quantitative estimate of drug-likeness (QED) is 0.851. The molecule has 4 rings (SSSR count). The fourth-order valence-electron chi connectivity index (χ4n) is 3.95. The minimum Gasteiger partial charge on any atom is -0.488 e. The Balaban J connectivity index is 1.42. The van der Waals surface area contributed by atoms with Crippen LogP contribution in [0.5, 0.6) is 5.75 Å². The molecule has 5 nitrogen and oxygen atoms in total. The van der Waals surface area contributed by atoms with Crippen molar-refractivity contribution in [2.75, 3.05) is 19.7 Å². The lowest BCUT2D eigenvalue weighted by atomic mass is 9.89. The van der Waals surface area contributed by atoms with E-state index >= 15 is 0 Å². The Morgan fingerprint density at radius 2 is 2.08 bits per heavy atom. The van der Waals surface area contributed by atoms with Crippen LogP contribution in [0.4, 0.5) is 0 Å². The van der Waals surface area contributed by atoms with Crippen LogP contribution >= 0.6 is 0 Å². The molecule has 136 valence electrons. The molecule has 5 heteroatoms. The molecule has 2 aromatic rings. The lowest BCUT2D eigenvalue weighted by molar-refractivity contribution is -0.0454. The van der Waals surface area contributed by atoms with E-state index in [1.807, 2.05) is 54.3 Å². The number of carbonyl (C=O) groups excluding carboxylic acids is 1. The maximum Gasteiger partial charge on any atom is 0.272 e. The number of rotatable bonds is 3. The Bertz CT molecular complexity index is 780. The van der Waals surface area contributed by atoms with Gasteiger partial charge in [0.15, 0.2) is 0 Å². The molecule has 26 heavy (non-hydrogen) atoms. The molecular formula is C21H24N2O3. The minimum atomic E-state index is -0.294. The van der Waals surface area contributed by atoms with Crippen LogP contribution in [0.15, 0.2) is 48.5 Å². The molecule has 1 aromatic carbocycles. The minimum absolute atomic E-state index is 0.0104. The first-order valence-electron chi connectivity index (χ1n) is 9.22. The Labute approximate surface area is 153 Å². The highest BCUT2D eigenvalue weighted by atomic mass is 16.6. The van der Waals surface area contributed by atoms with Gasteiger partial charge in [-0.1, -0.05) is 24.3 Å². The smallest absolute Gasteiger partial charge is 0.272 e. The van der Waals surface area contributed by atoms with Gasteiger partial charge in [0.05, 0.1) is 18.8 Å². The van der Waals surface area contributed by atoms with E-state index in [0.717, 1.165) is 37.3 Å². The summed E-state index contributed by atoms with van der Waals surface area (Å²) >= 11 is 0. The molecule has 2 fully saturated rings. The van der Waals surface area contributed by atoms with Gasteiger partial charge in [-0.2, -0.15) is 0 Å². The van der Waals surface area contributed by atoms with Crippen LogP contribution in [0.3, 0.4) is 0 Å². The molecule has 2 atom stereocenters. The van der Waals surface area contributed by atoms with E-state index < -0.39 is 0 Å². The fraction of sp³-hybridized carbons (Fsp3) is 0.429. The number of ether oxygens (including phenoxy) is 2. The molecule has 1 amide bonds. The molecule has 3 heterocycles. The SMILES string of the molecule is Cc1cccc(C(=O)N2CCC[C@@]3(C[C@@H](Oc4ccccc4)CO3)C2)n1. The standard InChI is InChI=1S/C21H24N2O3/c1-16-7-5-10-19(22-16)20(24)23-12-6-11-21(15-23)13-18(14-25-21)26-17-8-3-2-4-9-17/h2-5,7-10,18H,6,11-15H2,1H3/t18-,21-/m1/s1. The Morgan fingerprint density at radius 3 is 2.88 bits per heavy atom. The topological polar surface area (TPSA) is 51.7 Å². The van der Waals surface area contributed by atoms with Crippen LogP contribution in [0.2, 0.25) is 0 Å². The first-order valence-corrected chi connectivity index (χ1v) is 9.22. The van der Waals surface area contributed by atoms with Crippen molar-refractivity contribution in [2.45, 2.75) is 37.9 Å². The molecule has 2 aliphatic rings. The van der Waals surface area contributed by atoms with Gasteiger partial charge in [-0.15, -0.1) is 0 Å². The summed E-state index contributed by atoms with van der Waals surface area (Å²) in [5.74, 6) is 0.856. The Hall–Kier alpha value is -2.40. The van der Waals surface area contributed by atoms with Gasteiger partial charge >= 0.3 is 0 Å². The predicted octanol–water partition coefficient (Wildman–Crippen LogP) is 3.23. The summed E-state index contributed by atoms with van der Waals surface area (Å²) < 4.78 is 12.2. The van der Waals surface area contributed by atoms with E-state index in [-0.39, 0.29) is 17.6 Å². The summed E-state index contributed by atoms with van der Waals surface area (Å²) in [6.07, 6.45) is 2.75. The molecule has 0 radical (unpaired) electrons. The molecule has 0 aliphatic carbocycles. The lowest BCUT2D eigenvalue weighted by Crippen LogP contribution is -2.50. The van der Waals surface area contributed by atoms with Gasteiger partial charge < -0.3 is 14.4 Å². The van der Waals surface area contributed by atoms with Crippen LogP contribution in [-0.2, 0) is 4.74 Å². The molecule has 0 unspecified atom stereocenters. The second-order valence-corrected chi connectivity index (χ2v) is 7.25. The average Bonchev–Trinajstić information content (AvgIpc) is 3.03. The van der Waals surface area contributed by atoms with Crippen LogP contribution in [0, 0.1) is 6.92 Å². The van der Waals surface area contributed by atoms with Gasteiger partial charge in [0, 0.05) is 18.7 Å². The predicted molar refractivity (Wildman–Crippen MR) is 98.3 cm³/mol. The molecule has 2 aliphatic heterocycles. The third kappa shape index (κ3) is 3.58. The maximum atomic E-state index is 12.8. The van der Waals surface area contributed by atoms with Gasteiger partial charge in [-0.05, 0) is 44.0 Å². The highest BCUT2D eigenvalue weighted by Gasteiger charge is 2.45. The van der Waals surface area contributed by atoms with Crippen molar-refractivity contribution in [3.8, 4) is 5.75 Å². The molecule has 1 aromatic heterocycles. The van der Waals surface area contributed by atoms with E-state index in [1.54, 1.807) is 6.07 Å². The molecular weight excluding hydrogens is 328 g/mol. The lowest BCUT2D eigenvalue weighted by Gasteiger charge is -2.39. The third-order valence-corrected chi connectivity index (χ3v) is 5.16. The van der Waals surface area contributed by atoms with Crippen molar-refractivity contribution < 1.29 is 14.3 Å². The first kappa shape index (κ1) is 17.0. The van der Waals surface area contributed by atoms with Crippen LogP contribution in [0.1, 0.15) is 35.4 Å². The van der Waals surface area contributed by atoms with Gasteiger partial charge in [-0.25, -0.2) is 4.98 Å². The zero-order valence-corrected chi connectivity index (χ0v) is 15.1. The number of likely N-dealkylation sites (tertiary alicyclic amines) is 1. The van der Waals surface area contributed by atoms with Crippen LogP contribution in [-0.4, -0.2) is 47.2 Å². The summed E-state index contributed by atoms with van der Waals surface area (Å²) in [5.41, 5.74) is 1.07. The number of nitrogens with zero attached hydrogens (tertiary/aromatic N) is 2. The van der Waals surface area contributed by atoms with E-state index in [2.05, 4.69) is 4.98 Å². The van der Waals surface area contributed by atoms with Crippen LogP contribution < -0.4 is 4.74 Å². The highest BCUT2D eigenvalue weighted by Crippen LogP contribution is 2.36. The van der Waals surface area contributed by atoms with Crippen molar-refractivity contribution in [3.63, 3.8) is 0 Å². The summed E-state index contributed by atoms with van der Waals surface area (Å²) in [6.45, 7) is 3.83. The highest BCUT2D eigenvalue weighted by molar-refractivity contribution is 5.92. The van der Waals surface area contributed by atoms with Crippen molar-refractivity contribution in [1.82, 2.24) is 9.88 Å². The van der Waals surface area contributed by atoms with E-state index in [9.17, 15) is 4.79 Å². The van der Waals surface area contributed by atoms with Gasteiger partial charge in [0.1, 0.15) is 17.5 Å². The Morgan fingerprint density at radius 1 is 1.23 bits per heavy atom. The normalized spacial score (nSPS) is 25.4. The third-order valence-electron chi connectivity index (χ3n) is 5.16. The summed E-state index contributed by atoms with van der Waals surface area (Å²) in [6, 6.07) is 15.4. The second kappa shape index (κ2) is 7.08. The average molecular weight is 352 g/mol. The van der Waals surface area contributed by atoms with E-state index in [0.29, 0.717) is 18.8 Å². The zero-order valence-electron chi connectivity index (χ0n) is 15.1. The number of benzene rings is 1. The first-order chi connectivity index (χ1) is 12.6. The largest absolute Gasteiger partial charge is 0.488 e. The second-order valence-electron chi connectivity index (χ2n) is 7.25. The van der Waals surface area contributed by atoms with Gasteiger partial charge in [0.2, 0.25) is 0 Å². The van der Waals surface area contributed by atoms with E-state index in [4.69, 9.17) is 9.47 Å². The number of para-hydroxylation sites is 1. The van der Waals surface area contributed by atoms with Crippen molar-refractivity contribution in [1.29, 1.82) is 0 Å². The molecule has 0 bridgehead atoms. The van der Waals surface area contributed by atoms with Gasteiger partial charge in [0.25, 0.3) is 5.91 Å². The monoisotopic (exact) mass is 352 g/mol. The summed E-state index contributed by atoms with van der Waals surface area (Å²) in [7, 11) is 0. The Kier molecular flexibility index (Phi) is 4.64. The molecule has 0 N–H and O–H groups in total. The van der Waals surface area contributed by atoms with Gasteiger partial charge in [-0.3, -0.25) is 4.79 Å². The summed E-state index contributed by atoms with van der Waals surface area (Å²) in [5, 5.41) is 0. The number of aryl methyl sites for hydroxylation is 1. The number of hydrogen-bond acceptors (Lipinski definition) is 4. The number of hydrogen-bond donors (Lipinski definition) is 0.